The molecule has 0 aromatic carbocycles. The summed E-state index contributed by atoms with van der Waals surface area (Å²) in [4.78, 5) is 0. The third-order valence-corrected chi connectivity index (χ3v) is 2.64. The van der Waals surface area contributed by atoms with E-state index in [1.165, 1.54) is 0 Å². The molecular formula is C4HF9NO3S-. The third-order valence-electron chi connectivity index (χ3n) is 1.54. The lowest BCUT2D eigenvalue weighted by Crippen LogP contribution is -2.63. The Bertz CT molecular complexity index is 412. The standard InChI is InChI=1S/C4HF9NO3S/c5-1(6,3(9,10)11)2(7,8)4(12,13)18(15,16)17-14/h14H/q-1. The first-order valence-corrected chi connectivity index (χ1v) is 4.77. The molecule has 0 bridgehead atoms. The molecule has 0 spiro atoms. The summed E-state index contributed by atoms with van der Waals surface area (Å²) in [5, 5.41) is -6.96. The summed E-state index contributed by atoms with van der Waals surface area (Å²) in [6.07, 6.45) is -7.14. The van der Waals surface area contributed by atoms with Crippen molar-refractivity contribution in [2.24, 2.45) is 0 Å². The molecule has 0 heterocycles. The highest BCUT2D eigenvalue weighted by molar-refractivity contribution is 7.87. The first kappa shape index (κ1) is 17.2. The molecule has 0 radical (unpaired) electrons. The molecule has 0 saturated carbocycles. The minimum Gasteiger partial charge on any atom is -0.531 e. The summed E-state index contributed by atoms with van der Waals surface area (Å²) < 4.78 is 131. The Labute approximate surface area is 92.6 Å². The summed E-state index contributed by atoms with van der Waals surface area (Å²) in [6, 6.07) is 0. The summed E-state index contributed by atoms with van der Waals surface area (Å²) in [5.74, 6) is -9.24. The summed E-state index contributed by atoms with van der Waals surface area (Å²) in [6.45, 7) is 0. The zero-order chi connectivity index (χ0) is 15.2. The van der Waals surface area contributed by atoms with Crippen LogP contribution in [0.1, 0.15) is 0 Å². The molecule has 0 aliphatic carbocycles. The number of rotatable bonds is 4. The fourth-order valence-corrected chi connectivity index (χ4v) is 1.12. The van der Waals surface area contributed by atoms with Gasteiger partial charge in [0.2, 0.25) is 0 Å². The van der Waals surface area contributed by atoms with Crippen LogP contribution in [-0.2, 0) is 14.4 Å². The van der Waals surface area contributed by atoms with Crippen LogP contribution >= 0.6 is 0 Å². The van der Waals surface area contributed by atoms with Crippen LogP contribution in [0.15, 0.2) is 0 Å². The van der Waals surface area contributed by atoms with Gasteiger partial charge in [-0.2, -0.15) is 47.9 Å². The van der Waals surface area contributed by atoms with Crippen molar-refractivity contribution in [3.63, 3.8) is 0 Å². The Morgan fingerprint density at radius 1 is 0.778 bits per heavy atom. The van der Waals surface area contributed by atoms with Crippen LogP contribution in [0.5, 0.6) is 0 Å². The fraction of sp³-hybridized carbons (Fsp3) is 1.00. The zero-order valence-corrected chi connectivity index (χ0v) is 8.35. The number of halogens is 9. The predicted octanol–water partition coefficient (Wildman–Crippen LogP) is 2.73. The first-order chi connectivity index (χ1) is 7.56. The molecule has 0 aromatic heterocycles. The molecule has 0 saturated heterocycles. The molecule has 1 N–H and O–H groups in total. The Hall–Kier alpha value is -0.760. The van der Waals surface area contributed by atoms with E-state index in [0.717, 1.165) is 0 Å². The van der Waals surface area contributed by atoms with Crippen molar-refractivity contribution in [2.75, 3.05) is 0 Å². The second-order valence-corrected chi connectivity index (χ2v) is 4.29. The average molecular weight is 314 g/mol. The van der Waals surface area contributed by atoms with Gasteiger partial charge in [-0.15, -0.1) is 0 Å². The molecular weight excluding hydrogens is 313 g/mol. The van der Waals surface area contributed by atoms with Crippen LogP contribution in [0.3, 0.4) is 0 Å². The maximum absolute atomic E-state index is 12.4. The molecule has 4 nitrogen and oxygen atoms in total. The van der Waals surface area contributed by atoms with E-state index >= 15 is 0 Å². The van der Waals surface area contributed by atoms with Gasteiger partial charge in [-0.3, -0.25) is 0 Å². The lowest BCUT2D eigenvalue weighted by Gasteiger charge is -2.33. The first-order valence-electron chi connectivity index (χ1n) is 3.36. The Kier molecular flexibility index (Phi) is 3.95. The third kappa shape index (κ3) is 2.11. The van der Waals surface area contributed by atoms with Crippen molar-refractivity contribution in [3.8, 4) is 0 Å². The minimum absolute atomic E-state index is 2.09. The molecule has 18 heavy (non-hydrogen) atoms. The van der Waals surface area contributed by atoms with Crippen LogP contribution in [0.25, 0.3) is 5.90 Å². The van der Waals surface area contributed by atoms with Crippen LogP contribution in [0.4, 0.5) is 39.5 Å². The van der Waals surface area contributed by atoms with E-state index in [2.05, 4.69) is 4.28 Å². The van der Waals surface area contributed by atoms with E-state index < -0.39 is 33.4 Å². The Morgan fingerprint density at radius 3 is 1.33 bits per heavy atom. The molecule has 0 rings (SSSR count). The van der Waals surface area contributed by atoms with E-state index in [0.29, 0.717) is 0 Å². The van der Waals surface area contributed by atoms with Crippen LogP contribution in [0, 0.1) is 0 Å². The van der Waals surface area contributed by atoms with Crippen molar-refractivity contribution in [1.82, 2.24) is 0 Å². The molecule has 14 heteroatoms. The van der Waals surface area contributed by atoms with Gasteiger partial charge >= 0.3 is 33.4 Å². The van der Waals surface area contributed by atoms with Crippen molar-refractivity contribution < 1.29 is 52.2 Å². The van der Waals surface area contributed by atoms with E-state index in [1.807, 2.05) is 0 Å². The molecule has 0 aliphatic heterocycles. The van der Waals surface area contributed by atoms with Crippen LogP contribution < -0.4 is 0 Å². The number of alkyl halides is 9. The smallest absolute Gasteiger partial charge is 0.460 e. The zero-order valence-electron chi connectivity index (χ0n) is 7.53. The van der Waals surface area contributed by atoms with Crippen LogP contribution in [-0.4, -0.2) is 31.7 Å². The largest absolute Gasteiger partial charge is 0.531 e. The summed E-state index contributed by atoms with van der Waals surface area (Å²) in [7, 11) is -7.00. The normalized spacial score (nSPS) is 15.9. The summed E-state index contributed by atoms with van der Waals surface area (Å²) >= 11 is 0. The molecule has 0 atom stereocenters. The Balaban J connectivity index is 5.96. The van der Waals surface area contributed by atoms with E-state index in [1.54, 1.807) is 0 Å². The van der Waals surface area contributed by atoms with Crippen molar-refractivity contribution in [3.05, 3.63) is 5.90 Å². The number of nitrogens with one attached hydrogen (secondary N) is 1. The molecule has 0 aromatic rings. The number of hydrogen-bond donors (Lipinski definition) is 0. The number of hydrogen-bond acceptors (Lipinski definition) is 3. The van der Waals surface area contributed by atoms with Crippen LogP contribution in [0.2, 0.25) is 0 Å². The lowest BCUT2D eigenvalue weighted by molar-refractivity contribution is -0.382. The van der Waals surface area contributed by atoms with E-state index in [-0.39, 0.29) is 0 Å². The molecule has 0 unspecified atom stereocenters. The highest BCUT2D eigenvalue weighted by Crippen LogP contribution is 2.54. The van der Waals surface area contributed by atoms with Crippen molar-refractivity contribution >= 4 is 10.1 Å². The summed E-state index contributed by atoms with van der Waals surface area (Å²) in [5.41, 5.74) is 0. The van der Waals surface area contributed by atoms with E-state index in [4.69, 9.17) is 5.90 Å². The highest BCUT2D eigenvalue weighted by atomic mass is 32.2. The highest BCUT2D eigenvalue weighted by Gasteiger charge is 2.85. The van der Waals surface area contributed by atoms with Gasteiger partial charge in [-0.1, -0.05) is 0 Å². The molecule has 110 valence electrons. The quantitative estimate of drug-likeness (QED) is 0.592. The predicted molar refractivity (Wildman–Crippen MR) is 35.2 cm³/mol. The van der Waals surface area contributed by atoms with Gasteiger partial charge in [0.1, 0.15) is 0 Å². The SMILES string of the molecule is [NH-]OS(=O)(=O)C(F)(F)C(F)(F)C(F)(F)C(F)(F)F. The van der Waals surface area contributed by atoms with Crippen molar-refractivity contribution in [2.45, 2.75) is 23.3 Å². The van der Waals surface area contributed by atoms with Gasteiger partial charge in [0.05, 0.1) is 0 Å². The maximum Gasteiger partial charge on any atom is 0.460 e. The molecule has 0 aliphatic rings. The van der Waals surface area contributed by atoms with Gasteiger partial charge in [0, 0.05) is 0 Å². The van der Waals surface area contributed by atoms with Gasteiger partial charge in [0.25, 0.3) is 0 Å². The maximum atomic E-state index is 12.4. The minimum atomic E-state index is -7.36. The van der Waals surface area contributed by atoms with Gasteiger partial charge in [-0.25, -0.2) is 0 Å². The van der Waals surface area contributed by atoms with E-state index in [9.17, 15) is 47.9 Å². The average Bonchev–Trinajstić information content (AvgIpc) is 2.15. The second-order valence-electron chi connectivity index (χ2n) is 2.70. The topological polar surface area (TPSA) is 67.2 Å². The van der Waals surface area contributed by atoms with Gasteiger partial charge in [-0.05, 0) is 0 Å². The van der Waals surface area contributed by atoms with Gasteiger partial charge in [0.15, 0.2) is 0 Å². The second kappa shape index (κ2) is 4.12. The monoisotopic (exact) mass is 314 g/mol. The van der Waals surface area contributed by atoms with Gasteiger partial charge < -0.3 is 10.2 Å². The molecule has 0 fully saturated rings. The fourth-order valence-electron chi connectivity index (χ4n) is 0.570. The lowest BCUT2D eigenvalue weighted by atomic mass is 10.1. The van der Waals surface area contributed by atoms with Crippen molar-refractivity contribution in [1.29, 1.82) is 0 Å². The Morgan fingerprint density at radius 2 is 1.11 bits per heavy atom. The molecule has 0 amide bonds.